The number of rotatable bonds is 4. The van der Waals surface area contributed by atoms with E-state index < -0.39 is 52.4 Å². The molecule has 0 saturated heterocycles. The third-order valence-electron chi connectivity index (χ3n) is 6.24. The number of anilines is 1. The van der Waals surface area contributed by atoms with Crippen LogP contribution in [-0.4, -0.2) is 35.9 Å². The fourth-order valence-electron chi connectivity index (χ4n) is 4.67. The minimum Gasteiger partial charge on any atom is -0.366 e. The van der Waals surface area contributed by atoms with Gasteiger partial charge in [0, 0.05) is 35.8 Å². The van der Waals surface area contributed by atoms with E-state index in [-0.39, 0.29) is 50.3 Å². The number of alkyl halides is 3. The summed E-state index contributed by atoms with van der Waals surface area (Å²) in [5, 5.41) is 2.67. The highest BCUT2D eigenvalue weighted by Crippen LogP contribution is 2.48. The van der Waals surface area contributed by atoms with Crippen LogP contribution in [0.5, 0.6) is 0 Å². The second kappa shape index (κ2) is 8.69. The summed E-state index contributed by atoms with van der Waals surface area (Å²) in [6, 6.07) is 4.21. The second-order valence-electron chi connectivity index (χ2n) is 8.87. The van der Waals surface area contributed by atoms with Crippen LogP contribution >= 0.6 is 11.6 Å². The largest absolute Gasteiger partial charge is 0.417 e. The Kier molecular flexibility index (Phi) is 5.82. The van der Waals surface area contributed by atoms with Crippen molar-refractivity contribution in [3.05, 3.63) is 80.9 Å². The molecule has 13 heteroatoms. The quantitative estimate of drug-likeness (QED) is 0.305. The summed E-state index contributed by atoms with van der Waals surface area (Å²) in [7, 11) is 3.31. The molecule has 3 aromatic carbocycles. The Morgan fingerprint density at radius 1 is 1.08 bits per heavy atom. The van der Waals surface area contributed by atoms with Gasteiger partial charge in [-0.2, -0.15) is 13.2 Å². The number of nitrogens with two attached hydrogens (primary N) is 1. The standard InChI is InChI=1S/C25H17ClF5N5O2/c1-36(2)24-33-16-8-12(17-13(22(32)37)6-10(28)7-14(17)25(29,30)31)18-19(21(16)35-24)23(38)34-20(18)11-5-9(27)3-4-15(11)26/h3-8,20H,1-2H3,(H2,32,37)(H,33,35)(H,34,38). The molecule has 0 fully saturated rings. The van der Waals surface area contributed by atoms with Crippen molar-refractivity contribution in [1.82, 2.24) is 15.3 Å². The number of carbonyl (C=O) groups is 2. The predicted octanol–water partition coefficient (Wildman–Crippen LogP) is 5.18. The van der Waals surface area contributed by atoms with E-state index in [0.29, 0.717) is 6.07 Å². The van der Waals surface area contributed by atoms with Crippen LogP contribution < -0.4 is 16.0 Å². The van der Waals surface area contributed by atoms with Crippen molar-refractivity contribution in [3.63, 3.8) is 0 Å². The van der Waals surface area contributed by atoms with Gasteiger partial charge in [0.25, 0.3) is 5.91 Å². The first-order chi connectivity index (χ1) is 17.8. The Balaban J connectivity index is 1.98. The smallest absolute Gasteiger partial charge is 0.366 e. The van der Waals surface area contributed by atoms with Gasteiger partial charge < -0.3 is 20.9 Å². The Hall–Kier alpha value is -4.19. The van der Waals surface area contributed by atoms with Gasteiger partial charge in [0.1, 0.15) is 11.6 Å². The summed E-state index contributed by atoms with van der Waals surface area (Å²) < 4.78 is 71.2. The minimum absolute atomic E-state index is 0.0273. The molecule has 1 aliphatic rings. The number of nitrogens with one attached hydrogen (secondary N) is 2. The molecule has 7 nitrogen and oxygen atoms in total. The lowest BCUT2D eigenvalue weighted by Crippen LogP contribution is -2.21. The van der Waals surface area contributed by atoms with Crippen molar-refractivity contribution >= 4 is 40.4 Å². The van der Waals surface area contributed by atoms with Crippen molar-refractivity contribution < 1.29 is 31.5 Å². The number of H-pyrrole nitrogens is 1. The molecule has 1 unspecified atom stereocenters. The number of halogens is 6. The zero-order valence-electron chi connectivity index (χ0n) is 19.6. The highest BCUT2D eigenvalue weighted by molar-refractivity contribution is 6.31. The van der Waals surface area contributed by atoms with Crippen molar-refractivity contribution in [2.75, 3.05) is 19.0 Å². The highest BCUT2D eigenvalue weighted by atomic mass is 35.5. The van der Waals surface area contributed by atoms with Crippen LogP contribution in [0.15, 0.2) is 36.4 Å². The molecule has 0 radical (unpaired) electrons. The van der Waals surface area contributed by atoms with Gasteiger partial charge in [0.05, 0.1) is 33.8 Å². The van der Waals surface area contributed by atoms with Gasteiger partial charge in [-0.1, -0.05) is 11.6 Å². The lowest BCUT2D eigenvalue weighted by Gasteiger charge is -2.22. The van der Waals surface area contributed by atoms with Crippen LogP contribution in [0.4, 0.5) is 27.9 Å². The van der Waals surface area contributed by atoms with Crippen LogP contribution in [-0.2, 0) is 6.18 Å². The number of imidazole rings is 1. The van der Waals surface area contributed by atoms with Gasteiger partial charge in [-0.3, -0.25) is 9.59 Å². The first kappa shape index (κ1) is 25.5. The Bertz CT molecular complexity index is 1660. The molecule has 5 rings (SSSR count). The number of amides is 2. The summed E-state index contributed by atoms with van der Waals surface area (Å²) in [6.45, 7) is 0. The van der Waals surface area contributed by atoms with E-state index in [9.17, 15) is 31.5 Å². The molecule has 0 saturated carbocycles. The van der Waals surface area contributed by atoms with Gasteiger partial charge in [0.2, 0.25) is 11.9 Å². The fraction of sp³-hybridized carbons (Fsp3) is 0.160. The van der Waals surface area contributed by atoms with Crippen LogP contribution in [0, 0.1) is 11.6 Å². The molecule has 4 aromatic rings. The van der Waals surface area contributed by atoms with Gasteiger partial charge in [0.15, 0.2) is 0 Å². The maximum Gasteiger partial charge on any atom is 0.417 e. The molecule has 4 N–H and O–H groups in total. The molecule has 1 aromatic heterocycles. The van der Waals surface area contributed by atoms with E-state index in [0.717, 1.165) is 12.1 Å². The maximum absolute atomic E-state index is 14.3. The summed E-state index contributed by atoms with van der Waals surface area (Å²) in [5.74, 6) is -3.79. The predicted molar refractivity (Wildman–Crippen MR) is 130 cm³/mol. The van der Waals surface area contributed by atoms with E-state index >= 15 is 0 Å². The lowest BCUT2D eigenvalue weighted by atomic mass is 9.85. The number of primary amides is 1. The molecule has 38 heavy (non-hydrogen) atoms. The zero-order chi connectivity index (χ0) is 27.7. The lowest BCUT2D eigenvalue weighted by molar-refractivity contribution is -0.137. The first-order valence-electron chi connectivity index (χ1n) is 11.0. The van der Waals surface area contributed by atoms with E-state index in [1.54, 1.807) is 19.0 Å². The second-order valence-corrected chi connectivity index (χ2v) is 9.28. The highest BCUT2D eigenvalue weighted by Gasteiger charge is 2.41. The van der Waals surface area contributed by atoms with Crippen molar-refractivity contribution in [2.24, 2.45) is 5.73 Å². The molecule has 2 heterocycles. The molecular formula is C25H17ClF5N5O2. The maximum atomic E-state index is 14.3. The molecule has 196 valence electrons. The molecular weight excluding hydrogens is 533 g/mol. The molecule has 1 aliphatic heterocycles. The normalized spacial score (nSPS) is 15.1. The Morgan fingerprint density at radius 2 is 1.79 bits per heavy atom. The molecule has 0 aliphatic carbocycles. The van der Waals surface area contributed by atoms with Gasteiger partial charge >= 0.3 is 6.18 Å². The van der Waals surface area contributed by atoms with Gasteiger partial charge in [-0.15, -0.1) is 0 Å². The Morgan fingerprint density at radius 3 is 2.42 bits per heavy atom. The monoisotopic (exact) mass is 549 g/mol. The van der Waals surface area contributed by atoms with Crippen molar-refractivity contribution in [2.45, 2.75) is 12.2 Å². The topological polar surface area (TPSA) is 104 Å². The van der Waals surface area contributed by atoms with Crippen LogP contribution in [0.2, 0.25) is 5.02 Å². The fourth-order valence-corrected chi connectivity index (χ4v) is 4.89. The third kappa shape index (κ3) is 4.01. The number of nitrogens with zero attached hydrogens (tertiary/aromatic N) is 2. The summed E-state index contributed by atoms with van der Waals surface area (Å²) in [5.41, 5.74) is 2.36. The third-order valence-corrected chi connectivity index (χ3v) is 6.58. The summed E-state index contributed by atoms with van der Waals surface area (Å²) in [4.78, 5) is 34.5. The molecule has 2 amide bonds. The minimum atomic E-state index is -5.12. The number of carbonyl (C=O) groups excluding carboxylic acids is 2. The SMILES string of the molecule is CN(C)c1nc2cc(-c3c(C(N)=O)cc(F)cc3C(F)(F)F)c3c(c2[nH]1)C(=O)NC3c1cc(F)ccc1Cl. The van der Waals surface area contributed by atoms with Crippen molar-refractivity contribution in [1.29, 1.82) is 0 Å². The average Bonchev–Trinajstić information content (AvgIpc) is 3.40. The number of hydrogen-bond donors (Lipinski definition) is 3. The van der Waals surface area contributed by atoms with Crippen LogP contribution in [0.1, 0.15) is 43.4 Å². The zero-order valence-corrected chi connectivity index (χ0v) is 20.4. The molecule has 0 bridgehead atoms. The first-order valence-corrected chi connectivity index (χ1v) is 11.4. The van der Waals surface area contributed by atoms with E-state index in [2.05, 4.69) is 15.3 Å². The summed E-state index contributed by atoms with van der Waals surface area (Å²) in [6.07, 6.45) is -5.12. The van der Waals surface area contributed by atoms with E-state index in [1.807, 2.05) is 0 Å². The Labute approximate surface area is 216 Å². The average molecular weight is 550 g/mol. The van der Waals surface area contributed by atoms with Crippen molar-refractivity contribution in [3.8, 4) is 11.1 Å². The molecule has 1 atom stereocenters. The van der Waals surface area contributed by atoms with E-state index in [1.165, 1.54) is 12.1 Å². The number of fused-ring (bicyclic) bond motifs is 3. The number of benzene rings is 3. The number of hydrogen-bond acceptors (Lipinski definition) is 4. The summed E-state index contributed by atoms with van der Waals surface area (Å²) >= 11 is 6.31. The number of aromatic nitrogens is 2. The van der Waals surface area contributed by atoms with E-state index in [4.69, 9.17) is 17.3 Å². The number of aromatic amines is 1. The molecule has 0 spiro atoms. The van der Waals surface area contributed by atoms with Gasteiger partial charge in [-0.05, 0) is 42.0 Å². The van der Waals surface area contributed by atoms with Crippen LogP contribution in [0.25, 0.3) is 22.2 Å². The van der Waals surface area contributed by atoms with Crippen LogP contribution in [0.3, 0.4) is 0 Å². The van der Waals surface area contributed by atoms with Gasteiger partial charge in [-0.25, -0.2) is 13.8 Å².